The highest BCUT2D eigenvalue weighted by atomic mass is 16.4. The zero-order valence-corrected chi connectivity index (χ0v) is 10.1. The smallest absolute Gasteiger partial charge is 0.354 e. The number of anilines is 2. The molecule has 1 aliphatic carbocycles. The van der Waals surface area contributed by atoms with E-state index in [9.17, 15) is 9.59 Å². The Morgan fingerprint density at radius 1 is 1.44 bits per heavy atom. The summed E-state index contributed by atoms with van der Waals surface area (Å²) in [5, 5.41) is 11.8. The Kier molecular flexibility index (Phi) is 2.17. The van der Waals surface area contributed by atoms with Gasteiger partial charge in [0, 0.05) is 13.2 Å². The summed E-state index contributed by atoms with van der Waals surface area (Å²) in [7, 11) is 1.86. The average Bonchev–Trinajstić information content (AvgIpc) is 2.93. The molecule has 1 spiro atoms. The molecule has 6 heteroatoms. The number of aromatic amines is 1. The number of H-pyrrole nitrogens is 1. The van der Waals surface area contributed by atoms with Gasteiger partial charge in [0.25, 0.3) is 0 Å². The first kappa shape index (κ1) is 11.1. The van der Waals surface area contributed by atoms with Crippen LogP contribution < -0.4 is 10.2 Å². The van der Waals surface area contributed by atoms with Gasteiger partial charge in [-0.2, -0.15) is 0 Å². The number of nitrogens with one attached hydrogen (secondary N) is 2. The van der Waals surface area contributed by atoms with Gasteiger partial charge >= 0.3 is 5.97 Å². The van der Waals surface area contributed by atoms with Crippen molar-refractivity contribution in [3.63, 3.8) is 0 Å². The van der Waals surface area contributed by atoms with Crippen LogP contribution in [0.5, 0.6) is 0 Å². The van der Waals surface area contributed by atoms with Crippen LogP contribution in [0.1, 0.15) is 36.2 Å². The molecule has 0 saturated heterocycles. The minimum atomic E-state index is -1.06. The van der Waals surface area contributed by atoms with Crippen LogP contribution in [0.4, 0.5) is 11.4 Å². The maximum absolute atomic E-state index is 12.3. The van der Waals surface area contributed by atoms with E-state index < -0.39 is 11.5 Å². The van der Waals surface area contributed by atoms with Gasteiger partial charge in [0.1, 0.15) is 5.54 Å². The van der Waals surface area contributed by atoms with Crippen LogP contribution in [0.25, 0.3) is 0 Å². The molecule has 1 aliphatic heterocycles. The molecule has 1 fully saturated rings. The summed E-state index contributed by atoms with van der Waals surface area (Å²) >= 11 is 0. The number of amides is 1. The van der Waals surface area contributed by atoms with E-state index in [4.69, 9.17) is 5.11 Å². The Bertz CT molecular complexity index is 529. The number of carboxylic acids is 1. The highest BCUT2D eigenvalue weighted by molar-refractivity contribution is 6.11. The molecule has 3 N–H and O–H groups in total. The van der Waals surface area contributed by atoms with Crippen molar-refractivity contribution in [2.75, 3.05) is 17.3 Å². The lowest BCUT2D eigenvalue weighted by atomic mass is 9.91. The van der Waals surface area contributed by atoms with Gasteiger partial charge in [-0.3, -0.25) is 4.79 Å². The quantitative estimate of drug-likeness (QED) is 0.702. The molecule has 2 aliphatic rings. The average molecular weight is 249 g/mol. The van der Waals surface area contributed by atoms with Gasteiger partial charge < -0.3 is 20.3 Å². The summed E-state index contributed by atoms with van der Waals surface area (Å²) < 4.78 is 0. The number of nitrogens with zero attached hydrogens (tertiary/aromatic N) is 1. The fourth-order valence-electron chi connectivity index (χ4n) is 3.11. The Labute approximate surface area is 104 Å². The highest BCUT2D eigenvalue weighted by Gasteiger charge is 2.49. The number of rotatable bonds is 1. The number of hydrogen-bond donors (Lipinski definition) is 3. The maximum Gasteiger partial charge on any atom is 0.354 e. The van der Waals surface area contributed by atoms with Crippen molar-refractivity contribution < 1.29 is 14.7 Å². The van der Waals surface area contributed by atoms with Crippen molar-refractivity contribution >= 4 is 23.3 Å². The molecular formula is C12H15N3O3. The van der Waals surface area contributed by atoms with Gasteiger partial charge in [-0.15, -0.1) is 0 Å². The fraction of sp³-hybridized carbons (Fsp3) is 0.500. The second-order valence-electron chi connectivity index (χ2n) is 4.98. The first-order valence-electron chi connectivity index (χ1n) is 6.06. The van der Waals surface area contributed by atoms with Crippen molar-refractivity contribution in [3.05, 3.63) is 11.9 Å². The minimum Gasteiger partial charge on any atom is -0.477 e. The number of hydrogen-bond acceptors (Lipinski definition) is 3. The molecule has 1 aromatic rings. The highest BCUT2D eigenvalue weighted by Crippen LogP contribution is 2.45. The molecule has 6 nitrogen and oxygen atoms in total. The molecule has 1 amide bonds. The summed E-state index contributed by atoms with van der Waals surface area (Å²) in [5.74, 6) is -1.15. The molecule has 2 heterocycles. The number of carbonyl (C=O) groups is 2. The van der Waals surface area contributed by atoms with E-state index in [1.165, 1.54) is 0 Å². The Balaban J connectivity index is 2.10. The fourth-order valence-corrected chi connectivity index (χ4v) is 3.11. The van der Waals surface area contributed by atoms with Crippen molar-refractivity contribution in [1.82, 2.24) is 4.98 Å². The molecule has 0 aromatic carbocycles. The Morgan fingerprint density at radius 2 is 2.11 bits per heavy atom. The Morgan fingerprint density at radius 3 is 2.72 bits per heavy atom. The van der Waals surface area contributed by atoms with Crippen LogP contribution >= 0.6 is 0 Å². The number of aromatic nitrogens is 1. The molecule has 1 aromatic heterocycles. The predicted octanol–water partition coefficient (Wildman–Crippen LogP) is 1.41. The van der Waals surface area contributed by atoms with Crippen LogP contribution in [0.3, 0.4) is 0 Å². The topological polar surface area (TPSA) is 85.4 Å². The van der Waals surface area contributed by atoms with E-state index in [1.807, 2.05) is 11.9 Å². The zero-order valence-electron chi connectivity index (χ0n) is 10.1. The summed E-state index contributed by atoms with van der Waals surface area (Å²) in [6.07, 6.45) is 5.36. The minimum absolute atomic E-state index is 0.0399. The van der Waals surface area contributed by atoms with Crippen LogP contribution in [-0.4, -0.2) is 34.6 Å². The zero-order chi connectivity index (χ0) is 12.9. The van der Waals surface area contributed by atoms with Crippen molar-refractivity contribution in [1.29, 1.82) is 0 Å². The van der Waals surface area contributed by atoms with E-state index in [2.05, 4.69) is 10.3 Å². The van der Waals surface area contributed by atoms with E-state index in [-0.39, 0.29) is 11.6 Å². The first-order chi connectivity index (χ1) is 8.56. The van der Waals surface area contributed by atoms with Crippen LogP contribution in [-0.2, 0) is 4.79 Å². The van der Waals surface area contributed by atoms with Crippen LogP contribution in [0.2, 0.25) is 0 Å². The molecule has 0 bridgehead atoms. The predicted molar refractivity (Wildman–Crippen MR) is 66.0 cm³/mol. The van der Waals surface area contributed by atoms with Gasteiger partial charge in [0.2, 0.25) is 5.91 Å². The number of aromatic carboxylic acids is 1. The van der Waals surface area contributed by atoms with Crippen LogP contribution in [0, 0.1) is 0 Å². The number of likely N-dealkylation sites (N-methyl/N-ethyl adjacent to an activating group) is 1. The van der Waals surface area contributed by atoms with Crippen molar-refractivity contribution in [2.45, 2.75) is 31.2 Å². The SMILES string of the molecule is CN1c2c[nH]c(C(=O)O)c2NC(=O)C12CCCC2. The molecule has 0 radical (unpaired) electrons. The molecule has 18 heavy (non-hydrogen) atoms. The lowest BCUT2D eigenvalue weighted by Gasteiger charge is -2.42. The lowest BCUT2D eigenvalue weighted by molar-refractivity contribution is -0.121. The normalized spacial score (nSPS) is 20.9. The van der Waals surface area contributed by atoms with E-state index in [0.29, 0.717) is 5.69 Å². The third-order valence-electron chi connectivity index (χ3n) is 4.17. The molecular weight excluding hydrogens is 234 g/mol. The van der Waals surface area contributed by atoms with E-state index in [1.54, 1.807) is 6.20 Å². The first-order valence-corrected chi connectivity index (χ1v) is 6.06. The largest absolute Gasteiger partial charge is 0.477 e. The number of carbonyl (C=O) groups excluding carboxylic acids is 1. The van der Waals surface area contributed by atoms with E-state index in [0.717, 1.165) is 31.4 Å². The molecule has 96 valence electrons. The Hall–Kier alpha value is -1.98. The monoisotopic (exact) mass is 249 g/mol. The third kappa shape index (κ3) is 1.23. The standard InChI is InChI=1S/C12H15N3O3/c1-15-7-6-13-9(10(16)17)8(7)14-11(18)12(15)4-2-3-5-12/h6,13H,2-5H2,1H3,(H,14,18)(H,16,17). The summed E-state index contributed by atoms with van der Waals surface area (Å²) in [6.45, 7) is 0. The molecule has 3 rings (SSSR count). The summed E-state index contributed by atoms with van der Waals surface area (Å²) in [6, 6.07) is 0. The maximum atomic E-state index is 12.3. The van der Waals surface area contributed by atoms with Gasteiger partial charge in [0.15, 0.2) is 5.69 Å². The molecule has 1 saturated carbocycles. The third-order valence-corrected chi connectivity index (χ3v) is 4.17. The lowest BCUT2D eigenvalue weighted by Crippen LogP contribution is -2.56. The molecule has 0 unspecified atom stereocenters. The van der Waals surface area contributed by atoms with E-state index >= 15 is 0 Å². The van der Waals surface area contributed by atoms with Gasteiger partial charge in [-0.05, 0) is 12.8 Å². The van der Waals surface area contributed by atoms with Crippen molar-refractivity contribution in [3.8, 4) is 0 Å². The second-order valence-corrected chi connectivity index (χ2v) is 4.98. The summed E-state index contributed by atoms with van der Waals surface area (Å²) in [5.41, 5.74) is 0.685. The van der Waals surface area contributed by atoms with Gasteiger partial charge in [0.05, 0.1) is 11.4 Å². The summed E-state index contributed by atoms with van der Waals surface area (Å²) in [4.78, 5) is 28.0. The van der Waals surface area contributed by atoms with Gasteiger partial charge in [-0.25, -0.2) is 4.79 Å². The molecule has 0 atom stereocenters. The number of fused-ring (bicyclic) bond motifs is 1. The second kappa shape index (κ2) is 3.51. The van der Waals surface area contributed by atoms with Crippen LogP contribution in [0.15, 0.2) is 6.20 Å². The van der Waals surface area contributed by atoms with Gasteiger partial charge in [-0.1, -0.05) is 12.8 Å². The van der Waals surface area contributed by atoms with Crippen molar-refractivity contribution in [2.24, 2.45) is 0 Å². The number of carboxylic acid groups (broad SMARTS) is 1.